The molecule has 0 fully saturated rings. The van der Waals surface area contributed by atoms with Gasteiger partial charge in [-0.15, -0.1) is 11.3 Å². The highest BCUT2D eigenvalue weighted by Gasteiger charge is 2.33. The molecular formula is C15H14N2O4S2. The van der Waals surface area contributed by atoms with Gasteiger partial charge in [-0.05, 0) is 29.1 Å². The Hall–Kier alpha value is -2.19. The first kappa shape index (κ1) is 15.7. The quantitative estimate of drug-likeness (QED) is 0.856. The smallest absolute Gasteiger partial charge is 0.321 e. The van der Waals surface area contributed by atoms with Crippen molar-refractivity contribution in [3.8, 4) is 0 Å². The van der Waals surface area contributed by atoms with Crippen LogP contribution in [0.4, 0.5) is 10.5 Å². The standard InChI is InChI=1S/C15H14N2O4S2/c1-17(2)15(19)16-10-4-3-5-11-12(10)13(18)14-9(6-7-22-14)8-23(11,20)21/h3-7H,8H2,1-2H3,(H,16,19). The normalized spacial score (nSPS) is 15.3. The van der Waals surface area contributed by atoms with Crippen LogP contribution in [0.1, 0.15) is 20.8 Å². The first-order chi connectivity index (χ1) is 10.8. The largest absolute Gasteiger partial charge is 0.331 e. The number of sulfone groups is 1. The lowest BCUT2D eigenvalue weighted by Gasteiger charge is -2.15. The van der Waals surface area contributed by atoms with Gasteiger partial charge in [0.05, 0.1) is 26.8 Å². The van der Waals surface area contributed by atoms with Gasteiger partial charge in [0, 0.05) is 14.1 Å². The van der Waals surface area contributed by atoms with E-state index in [1.807, 2.05) is 0 Å². The van der Waals surface area contributed by atoms with Gasteiger partial charge in [-0.1, -0.05) is 6.07 Å². The van der Waals surface area contributed by atoms with Gasteiger partial charge in [-0.25, -0.2) is 13.2 Å². The van der Waals surface area contributed by atoms with E-state index in [9.17, 15) is 18.0 Å². The number of anilines is 1. The molecule has 0 saturated heterocycles. The lowest BCUT2D eigenvalue weighted by molar-refractivity contribution is 0.104. The fraction of sp³-hybridized carbons (Fsp3) is 0.200. The summed E-state index contributed by atoms with van der Waals surface area (Å²) in [4.78, 5) is 26.4. The van der Waals surface area contributed by atoms with E-state index in [-0.39, 0.29) is 27.7 Å². The molecule has 2 heterocycles. The molecule has 8 heteroatoms. The SMILES string of the molecule is CN(C)C(=O)Nc1cccc2c1C(=O)c1sccc1CS2(=O)=O. The van der Waals surface area contributed by atoms with E-state index in [1.54, 1.807) is 25.5 Å². The first-order valence-electron chi connectivity index (χ1n) is 6.76. The predicted molar refractivity (Wildman–Crippen MR) is 87.8 cm³/mol. The number of fused-ring (bicyclic) bond motifs is 2. The minimum atomic E-state index is -3.65. The van der Waals surface area contributed by atoms with Gasteiger partial charge in [-0.3, -0.25) is 4.79 Å². The van der Waals surface area contributed by atoms with Gasteiger partial charge >= 0.3 is 6.03 Å². The highest BCUT2D eigenvalue weighted by atomic mass is 32.2. The number of ketones is 1. The van der Waals surface area contributed by atoms with Crippen LogP contribution in [0.2, 0.25) is 0 Å². The van der Waals surface area contributed by atoms with E-state index >= 15 is 0 Å². The molecule has 0 atom stereocenters. The molecule has 0 bridgehead atoms. The summed E-state index contributed by atoms with van der Waals surface area (Å²) in [5.41, 5.74) is 0.737. The molecule has 1 aromatic heterocycles. The molecule has 23 heavy (non-hydrogen) atoms. The molecule has 3 rings (SSSR count). The Labute approximate surface area is 137 Å². The Kier molecular flexibility index (Phi) is 3.73. The summed E-state index contributed by atoms with van der Waals surface area (Å²) in [7, 11) is -0.528. The summed E-state index contributed by atoms with van der Waals surface area (Å²) in [6, 6.07) is 5.68. The third-order valence-corrected chi connectivity index (χ3v) is 6.19. The molecule has 0 saturated carbocycles. The lowest BCUT2D eigenvalue weighted by atomic mass is 10.1. The minimum absolute atomic E-state index is 0.0314. The average molecular weight is 350 g/mol. The number of nitrogens with one attached hydrogen (secondary N) is 1. The zero-order valence-electron chi connectivity index (χ0n) is 12.5. The third kappa shape index (κ3) is 2.64. The first-order valence-corrected chi connectivity index (χ1v) is 9.29. The summed E-state index contributed by atoms with van der Waals surface area (Å²) in [6.07, 6.45) is 0. The molecule has 2 amide bonds. The van der Waals surface area contributed by atoms with E-state index in [2.05, 4.69) is 5.32 Å². The van der Waals surface area contributed by atoms with Crippen LogP contribution >= 0.6 is 11.3 Å². The second-order valence-corrected chi connectivity index (χ2v) is 8.24. The summed E-state index contributed by atoms with van der Waals surface area (Å²) in [5, 5.41) is 4.29. The third-order valence-electron chi connectivity index (χ3n) is 3.53. The number of carbonyl (C=O) groups is 2. The van der Waals surface area contributed by atoms with Gasteiger partial charge in [0.2, 0.25) is 5.78 Å². The number of benzene rings is 1. The highest BCUT2D eigenvalue weighted by Crippen LogP contribution is 2.35. The molecule has 0 radical (unpaired) electrons. The lowest BCUT2D eigenvalue weighted by Crippen LogP contribution is -2.28. The number of hydrogen-bond donors (Lipinski definition) is 1. The van der Waals surface area contributed by atoms with Crippen LogP contribution in [-0.2, 0) is 15.6 Å². The molecule has 0 unspecified atom stereocenters. The topological polar surface area (TPSA) is 83.6 Å². The molecule has 1 aromatic carbocycles. The molecule has 6 nitrogen and oxygen atoms in total. The molecule has 2 aromatic rings. The molecule has 1 aliphatic heterocycles. The fourth-order valence-electron chi connectivity index (χ4n) is 2.40. The van der Waals surface area contributed by atoms with Gasteiger partial charge in [-0.2, -0.15) is 0 Å². The minimum Gasteiger partial charge on any atom is -0.331 e. The second-order valence-electron chi connectivity index (χ2n) is 5.37. The van der Waals surface area contributed by atoms with Crippen LogP contribution in [0.15, 0.2) is 34.5 Å². The van der Waals surface area contributed by atoms with E-state index in [1.165, 1.54) is 34.4 Å². The fourth-order valence-corrected chi connectivity index (χ4v) is 4.97. The van der Waals surface area contributed by atoms with Crippen LogP contribution in [0.25, 0.3) is 0 Å². The number of carbonyl (C=O) groups excluding carboxylic acids is 2. The van der Waals surface area contributed by atoms with Crippen molar-refractivity contribution in [2.24, 2.45) is 0 Å². The second kappa shape index (κ2) is 5.47. The number of hydrogen-bond acceptors (Lipinski definition) is 5. The van der Waals surface area contributed by atoms with Crippen LogP contribution < -0.4 is 5.32 Å². The van der Waals surface area contributed by atoms with Crippen molar-refractivity contribution in [1.82, 2.24) is 4.90 Å². The Balaban J connectivity index is 2.24. The Morgan fingerprint density at radius 3 is 2.70 bits per heavy atom. The summed E-state index contributed by atoms with van der Waals surface area (Å²) >= 11 is 1.21. The van der Waals surface area contributed by atoms with Gasteiger partial charge in [0.1, 0.15) is 0 Å². The maximum atomic E-state index is 12.8. The van der Waals surface area contributed by atoms with Crippen molar-refractivity contribution in [3.05, 3.63) is 45.6 Å². The summed E-state index contributed by atoms with van der Waals surface area (Å²) in [6.45, 7) is 0. The Bertz CT molecular complexity index is 913. The monoisotopic (exact) mass is 350 g/mol. The van der Waals surface area contributed by atoms with E-state index in [0.29, 0.717) is 10.4 Å². The van der Waals surface area contributed by atoms with Crippen LogP contribution in [0.5, 0.6) is 0 Å². The number of urea groups is 1. The van der Waals surface area contributed by atoms with E-state index < -0.39 is 15.9 Å². The van der Waals surface area contributed by atoms with Gasteiger partial charge in [0.15, 0.2) is 9.84 Å². The van der Waals surface area contributed by atoms with E-state index in [4.69, 9.17) is 0 Å². The number of thiophene rings is 1. The maximum absolute atomic E-state index is 12.8. The van der Waals surface area contributed by atoms with Crippen molar-refractivity contribution in [1.29, 1.82) is 0 Å². The van der Waals surface area contributed by atoms with Crippen molar-refractivity contribution in [2.45, 2.75) is 10.6 Å². The molecular weight excluding hydrogens is 336 g/mol. The maximum Gasteiger partial charge on any atom is 0.321 e. The van der Waals surface area contributed by atoms with Crippen LogP contribution in [0.3, 0.4) is 0 Å². The van der Waals surface area contributed by atoms with Gasteiger partial charge < -0.3 is 10.2 Å². The predicted octanol–water partition coefficient (Wildman–Crippen LogP) is 2.36. The van der Waals surface area contributed by atoms with Crippen LogP contribution in [0, 0.1) is 0 Å². The van der Waals surface area contributed by atoms with Crippen molar-refractivity contribution in [3.63, 3.8) is 0 Å². The number of amides is 2. The van der Waals surface area contributed by atoms with Gasteiger partial charge in [0.25, 0.3) is 0 Å². The Morgan fingerprint density at radius 1 is 1.26 bits per heavy atom. The van der Waals surface area contributed by atoms with Crippen molar-refractivity contribution in [2.75, 3.05) is 19.4 Å². The zero-order valence-corrected chi connectivity index (χ0v) is 14.1. The number of rotatable bonds is 1. The summed E-state index contributed by atoms with van der Waals surface area (Å²) < 4.78 is 25.2. The molecule has 1 N–H and O–H groups in total. The van der Waals surface area contributed by atoms with Crippen molar-refractivity contribution >= 4 is 38.7 Å². The highest BCUT2D eigenvalue weighted by molar-refractivity contribution is 7.90. The zero-order chi connectivity index (χ0) is 16.8. The molecule has 0 spiro atoms. The molecule has 120 valence electrons. The van der Waals surface area contributed by atoms with Crippen molar-refractivity contribution < 1.29 is 18.0 Å². The summed E-state index contributed by atoms with van der Waals surface area (Å²) in [5.74, 6) is -0.587. The van der Waals surface area contributed by atoms with E-state index in [0.717, 1.165) is 0 Å². The molecule has 0 aliphatic carbocycles. The Morgan fingerprint density at radius 2 is 2.00 bits per heavy atom. The average Bonchev–Trinajstić information content (AvgIpc) is 2.90. The number of nitrogens with zero attached hydrogens (tertiary/aromatic N) is 1. The molecule has 1 aliphatic rings. The van der Waals surface area contributed by atoms with Crippen LogP contribution in [-0.4, -0.2) is 39.2 Å².